The Morgan fingerprint density at radius 1 is 0.935 bits per heavy atom. The second kappa shape index (κ2) is 8.62. The van der Waals surface area contributed by atoms with Crippen molar-refractivity contribution < 1.29 is 18.3 Å². The number of urea groups is 1. The number of ether oxygens (including phenoxy) is 1. The van der Waals surface area contributed by atoms with Gasteiger partial charge in [0.25, 0.3) is 5.56 Å². The first kappa shape index (κ1) is 20.0. The molecule has 7 nitrogen and oxygen atoms in total. The van der Waals surface area contributed by atoms with Gasteiger partial charge in [0.2, 0.25) is 0 Å². The van der Waals surface area contributed by atoms with E-state index in [1.54, 1.807) is 48.7 Å². The van der Waals surface area contributed by atoms with Gasteiger partial charge in [-0.25, -0.2) is 18.6 Å². The van der Waals surface area contributed by atoms with E-state index in [1.807, 2.05) is 0 Å². The monoisotopic (exact) mass is 422 g/mol. The van der Waals surface area contributed by atoms with Crippen LogP contribution >= 0.6 is 0 Å². The van der Waals surface area contributed by atoms with Crippen LogP contribution in [0.4, 0.5) is 25.0 Å². The number of halogens is 2. The average molecular weight is 422 g/mol. The van der Waals surface area contributed by atoms with Gasteiger partial charge in [-0.1, -0.05) is 6.07 Å². The van der Waals surface area contributed by atoms with Gasteiger partial charge in [-0.2, -0.15) is 0 Å². The summed E-state index contributed by atoms with van der Waals surface area (Å²) in [6.45, 7) is 0.101. The number of anilines is 2. The number of benzene rings is 2. The molecule has 0 atom stereocenters. The minimum absolute atomic E-state index is 0.101. The van der Waals surface area contributed by atoms with Crippen LogP contribution in [-0.2, 0) is 6.61 Å². The number of nitrogens with one attached hydrogen (secondary N) is 2. The first-order valence-corrected chi connectivity index (χ1v) is 9.21. The third-order valence-electron chi connectivity index (χ3n) is 4.30. The number of hydrogen-bond donors (Lipinski definition) is 2. The van der Waals surface area contributed by atoms with E-state index in [-0.39, 0.29) is 17.9 Å². The molecule has 0 aliphatic rings. The van der Waals surface area contributed by atoms with Crippen LogP contribution < -0.4 is 20.9 Å². The molecule has 4 aromatic rings. The molecule has 0 aliphatic heterocycles. The second-order valence-electron chi connectivity index (χ2n) is 6.54. The zero-order chi connectivity index (χ0) is 21.8. The Morgan fingerprint density at radius 2 is 1.68 bits per heavy atom. The van der Waals surface area contributed by atoms with E-state index in [1.165, 1.54) is 16.5 Å². The standard InChI is InChI=1S/C22H16F2N4O3/c23-18-9-6-15(11-19(18)24)27-22(30)26-14-4-7-17(8-5-14)31-13-16-12-21(29)28-10-2-1-3-20(28)25-16/h1-12H,13H2,(H2,26,27,30). The largest absolute Gasteiger partial charge is 0.487 e. The number of fused-ring (bicyclic) bond motifs is 1. The summed E-state index contributed by atoms with van der Waals surface area (Å²) in [5, 5.41) is 4.99. The first-order valence-electron chi connectivity index (χ1n) is 9.21. The third-order valence-corrected chi connectivity index (χ3v) is 4.30. The number of aromatic nitrogens is 2. The zero-order valence-electron chi connectivity index (χ0n) is 16.0. The number of amides is 2. The second-order valence-corrected chi connectivity index (χ2v) is 6.54. The van der Waals surface area contributed by atoms with E-state index in [4.69, 9.17) is 4.74 Å². The lowest BCUT2D eigenvalue weighted by molar-refractivity contribution is 0.262. The minimum atomic E-state index is -1.05. The smallest absolute Gasteiger partial charge is 0.323 e. The van der Waals surface area contributed by atoms with Crippen LogP contribution in [0.15, 0.2) is 77.7 Å². The van der Waals surface area contributed by atoms with Crippen LogP contribution in [-0.4, -0.2) is 15.4 Å². The van der Waals surface area contributed by atoms with Gasteiger partial charge >= 0.3 is 6.03 Å². The van der Waals surface area contributed by atoms with Gasteiger partial charge in [-0.05, 0) is 48.5 Å². The zero-order valence-corrected chi connectivity index (χ0v) is 16.0. The summed E-state index contributed by atoms with van der Waals surface area (Å²) in [6.07, 6.45) is 1.64. The molecule has 2 aromatic carbocycles. The molecular formula is C22H16F2N4O3. The highest BCUT2D eigenvalue weighted by atomic mass is 19.2. The number of hydrogen-bond acceptors (Lipinski definition) is 4. The minimum Gasteiger partial charge on any atom is -0.487 e. The SMILES string of the molecule is O=C(Nc1ccc(OCc2cc(=O)n3ccccc3n2)cc1)Nc1ccc(F)c(F)c1. The van der Waals surface area contributed by atoms with Gasteiger partial charge in [-0.3, -0.25) is 9.20 Å². The van der Waals surface area contributed by atoms with Crippen molar-refractivity contribution >= 4 is 23.1 Å². The fourth-order valence-corrected chi connectivity index (χ4v) is 2.84. The Kier molecular flexibility index (Phi) is 5.57. The van der Waals surface area contributed by atoms with Crippen molar-refractivity contribution in [1.82, 2.24) is 9.38 Å². The molecule has 156 valence electrons. The van der Waals surface area contributed by atoms with Crippen LogP contribution in [0.2, 0.25) is 0 Å². The molecule has 2 heterocycles. The van der Waals surface area contributed by atoms with Crippen LogP contribution in [0.1, 0.15) is 5.69 Å². The first-order chi connectivity index (χ1) is 15.0. The van der Waals surface area contributed by atoms with Crippen molar-refractivity contribution in [2.24, 2.45) is 0 Å². The summed E-state index contributed by atoms with van der Waals surface area (Å²) >= 11 is 0. The molecule has 0 unspecified atom stereocenters. The fourth-order valence-electron chi connectivity index (χ4n) is 2.84. The predicted molar refractivity (Wildman–Crippen MR) is 111 cm³/mol. The number of pyridine rings is 1. The fraction of sp³-hybridized carbons (Fsp3) is 0.0455. The quantitative estimate of drug-likeness (QED) is 0.505. The van der Waals surface area contributed by atoms with E-state index >= 15 is 0 Å². The average Bonchev–Trinajstić information content (AvgIpc) is 2.76. The maximum absolute atomic E-state index is 13.2. The molecule has 0 aliphatic carbocycles. The molecule has 0 spiro atoms. The Morgan fingerprint density at radius 3 is 2.45 bits per heavy atom. The van der Waals surface area contributed by atoms with Crippen molar-refractivity contribution in [3.05, 3.63) is 101 Å². The van der Waals surface area contributed by atoms with Gasteiger partial charge in [0.15, 0.2) is 11.6 Å². The molecule has 0 saturated carbocycles. The normalized spacial score (nSPS) is 10.6. The molecule has 4 rings (SSSR count). The molecule has 0 saturated heterocycles. The lowest BCUT2D eigenvalue weighted by Crippen LogP contribution is -2.19. The summed E-state index contributed by atoms with van der Waals surface area (Å²) in [6, 6.07) is 15.6. The third kappa shape index (κ3) is 4.84. The van der Waals surface area contributed by atoms with Gasteiger partial charge in [0, 0.05) is 29.7 Å². The van der Waals surface area contributed by atoms with Gasteiger partial charge in [0.1, 0.15) is 18.0 Å². The molecule has 2 N–H and O–H groups in total. The summed E-state index contributed by atoms with van der Waals surface area (Å²) < 4.78 is 33.3. The van der Waals surface area contributed by atoms with Gasteiger partial charge in [0.05, 0.1) is 5.69 Å². The Bertz CT molecular complexity index is 1310. The van der Waals surface area contributed by atoms with Crippen molar-refractivity contribution in [3.63, 3.8) is 0 Å². The number of nitrogens with zero attached hydrogens (tertiary/aromatic N) is 2. The van der Waals surface area contributed by atoms with Gasteiger partial charge < -0.3 is 15.4 Å². The maximum atomic E-state index is 13.2. The van der Waals surface area contributed by atoms with Crippen molar-refractivity contribution in [2.45, 2.75) is 6.61 Å². The Hall–Kier alpha value is -4.27. The van der Waals surface area contributed by atoms with E-state index < -0.39 is 17.7 Å². The molecule has 0 radical (unpaired) electrons. The molecule has 0 fully saturated rings. The molecule has 0 bridgehead atoms. The lowest BCUT2D eigenvalue weighted by atomic mass is 10.3. The van der Waals surface area contributed by atoms with Crippen LogP contribution in [0, 0.1) is 11.6 Å². The number of carbonyl (C=O) groups is 1. The van der Waals surface area contributed by atoms with E-state index in [9.17, 15) is 18.4 Å². The molecule has 2 amide bonds. The predicted octanol–water partition coefficient (Wildman–Crippen LogP) is 4.20. The van der Waals surface area contributed by atoms with Crippen molar-refractivity contribution in [2.75, 3.05) is 10.6 Å². The molecular weight excluding hydrogens is 406 g/mol. The van der Waals surface area contributed by atoms with E-state index in [2.05, 4.69) is 15.6 Å². The maximum Gasteiger partial charge on any atom is 0.323 e. The molecule has 9 heteroatoms. The highest BCUT2D eigenvalue weighted by molar-refractivity contribution is 5.99. The summed E-state index contributed by atoms with van der Waals surface area (Å²) in [5.41, 5.74) is 1.41. The molecule has 2 aromatic heterocycles. The molecule has 31 heavy (non-hydrogen) atoms. The lowest BCUT2D eigenvalue weighted by Gasteiger charge is -2.10. The van der Waals surface area contributed by atoms with Crippen LogP contribution in [0.3, 0.4) is 0 Å². The van der Waals surface area contributed by atoms with Crippen LogP contribution in [0.5, 0.6) is 5.75 Å². The van der Waals surface area contributed by atoms with Crippen molar-refractivity contribution in [1.29, 1.82) is 0 Å². The topological polar surface area (TPSA) is 84.7 Å². The van der Waals surface area contributed by atoms with Crippen LogP contribution in [0.25, 0.3) is 5.65 Å². The number of rotatable bonds is 5. The van der Waals surface area contributed by atoms with Crippen molar-refractivity contribution in [3.8, 4) is 5.75 Å². The van der Waals surface area contributed by atoms with Gasteiger partial charge in [-0.15, -0.1) is 0 Å². The van der Waals surface area contributed by atoms with E-state index in [0.29, 0.717) is 22.8 Å². The Balaban J connectivity index is 1.35. The van der Waals surface area contributed by atoms with E-state index in [0.717, 1.165) is 12.1 Å². The number of carbonyl (C=O) groups excluding carboxylic acids is 1. The highest BCUT2D eigenvalue weighted by Gasteiger charge is 2.07. The Labute approximate surface area is 174 Å². The summed E-state index contributed by atoms with van der Waals surface area (Å²) in [5.74, 6) is -1.53. The summed E-state index contributed by atoms with van der Waals surface area (Å²) in [4.78, 5) is 28.5. The summed E-state index contributed by atoms with van der Waals surface area (Å²) in [7, 11) is 0. The highest BCUT2D eigenvalue weighted by Crippen LogP contribution is 2.18.